The monoisotopic (exact) mass is 306 g/mol. The van der Waals surface area contributed by atoms with E-state index in [4.69, 9.17) is 10.00 Å². The van der Waals surface area contributed by atoms with Crippen LogP contribution in [0.1, 0.15) is 26.3 Å². The Bertz CT molecular complexity index is 602. The van der Waals surface area contributed by atoms with Gasteiger partial charge in [0.1, 0.15) is 11.7 Å². The number of hydrogen-bond donors (Lipinski definition) is 2. The number of nitrogens with one attached hydrogen (secondary N) is 2. The molecule has 0 aliphatic heterocycles. The van der Waals surface area contributed by atoms with E-state index in [0.717, 1.165) is 0 Å². The highest BCUT2D eigenvalue weighted by Crippen LogP contribution is 2.24. The van der Waals surface area contributed by atoms with Crippen molar-refractivity contribution in [2.45, 2.75) is 26.4 Å². The van der Waals surface area contributed by atoms with E-state index in [9.17, 15) is 14.9 Å². The second kappa shape index (κ2) is 7.26. The lowest BCUT2D eigenvalue weighted by molar-refractivity contribution is -0.385. The zero-order valence-electron chi connectivity index (χ0n) is 12.7. The number of rotatable bonds is 5. The molecule has 0 radical (unpaired) electrons. The lowest BCUT2D eigenvalue weighted by Gasteiger charge is -2.19. The van der Waals surface area contributed by atoms with Crippen molar-refractivity contribution in [3.8, 4) is 6.07 Å². The van der Waals surface area contributed by atoms with Gasteiger partial charge in [0, 0.05) is 19.2 Å². The van der Waals surface area contributed by atoms with Gasteiger partial charge in [-0.2, -0.15) is 5.26 Å². The summed E-state index contributed by atoms with van der Waals surface area (Å²) in [6.45, 7) is 5.82. The molecule has 0 spiro atoms. The molecule has 0 aromatic heterocycles. The normalized spacial score (nSPS) is 10.5. The number of nitrogens with zero attached hydrogens (tertiary/aromatic N) is 2. The highest BCUT2D eigenvalue weighted by atomic mass is 16.6. The smallest absolute Gasteiger partial charge is 0.407 e. The number of alkyl carbamates (subject to hydrolysis) is 1. The highest BCUT2D eigenvalue weighted by Gasteiger charge is 2.17. The lowest BCUT2D eigenvalue weighted by Crippen LogP contribution is -2.35. The van der Waals surface area contributed by atoms with Crippen molar-refractivity contribution >= 4 is 17.5 Å². The summed E-state index contributed by atoms with van der Waals surface area (Å²) in [7, 11) is 0. The van der Waals surface area contributed by atoms with Gasteiger partial charge in [-0.05, 0) is 26.8 Å². The van der Waals surface area contributed by atoms with Gasteiger partial charge < -0.3 is 15.4 Å². The first-order valence-corrected chi connectivity index (χ1v) is 6.63. The summed E-state index contributed by atoms with van der Waals surface area (Å²) in [6, 6.07) is 6.13. The van der Waals surface area contributed by atoms with Crippen LogP contribution in [0, 0.1) is 21.4 Å². The van der Waals surface area contributed by atoms with Crippen molar-refractivity contribution in [3.05, 3.63) is 33.9 Å². The van der Waals surface area contributed by atoms with Crippen LogP contribution in [0.15, 0.2) is 18.2 Å². The van der Waals surface area contributed by atoms with Crippen LogP contribution in [0.25, 0.3) is 0 Å². The summed E-state index contributed by atoms with van der Waals surface area (Å²) in [4.78, 5) is 21.7. The van der Waals surface area contributed by atoms with E-state index in [1.54, 1.807) is 26.8 Å². The van der Waals surface area contributed by atoms with Gasteiger partial charge >= 0.3 is 6.09 Å². The second-order valence-electron chi connectivity index (χ2n) is 5.42. The standard InChI is InChI=1S/C14H18N4O4/c1-14(2,3)22-13(19)17-8-7-16-11-5-4-6-12(18(20)21)10(11)9-15/h4-6,16H,7-8H2,1-3H3,(H,17,19). The second-order valence-corrected chi connectivity index (χ2v) is 5.42. The van der Waals surface area contributed by atoms with Crippen LogP contribution >= 0.6 is 0 Å². The van der Waals surface area contributed by atoms with E-state index >= 15 is 0 Å². The first-order chi connectivity index (χ1) is 10.2. The van der Waals surface area contributed by atoms with E-state index in [1.807, 2.05) is 6.07 Å². The molecule has 0 aliphatic rings. The Morgan fingerprint density at radius 1 is 1.41 bits per heavy atom. The zero-order valence-corrected chi connectivity index (χ0v) is 12.7. The minimum absolute atomic E-state index is 0.0373. The van der Waals surface area contributed by atoms with Gasteiger partial charge in [0.25, 0.3) is 5.69 Å². The molecule has 118 valence electrons. The van der Waals surface area contributed by atoms with Crippen LogP contribution in [0.4, 0.5) is 16.2 Å². The summed E-state index contributed by atoms with van der Waals surface area (Å²) in [5.41, 5.74) is -0.522. The number of hydrogen-bond acceptors (Lipinski definition) is 6. The molecule has 1 aromatic rings. The Hall–Kier alpha value is -2.82. The fraction of sp³-hybridized carbons (Fsp3) is 0.429. The molecule has 0 unspecified atom stereocenters. The minimum atomic E-state index is -0.608. The molecule has 0 fully saturated rings. The Morgan fingerprint density at radius 2 is 2.09 bits per heavy atom. The Kier molecular flexibility index (Phi) is 5.69. The molecule has 22 heavy (non-hydrogen) atoms. The lowest BCUT2D eigenvalue weighted by atomic mass is 10.1. The third-order valence-electron chi connectivity index (χ3n) is 2.46. The van der Waals surface area contributed by atoms with Crippen LogP contribution in [-0.2, 0) is 4.74 Å². The zero-order chi connectivity index (χ0) is 16.8. The maximum Gasteiger partial charge on any atom is 0.407 e. The van der Waals surface area contributed by atoms with Crippen molar-refractivity contribution in [2.75, 3.05) is 18.4 Å². The van der Waals surface area contributed by atoms with E-state index in [-0.39, 0.29) is 17.8 Å². The summed E-state index contributed by atoms with van der Waals surface area (Å²) >= 11 is 0. The maximum atomic E-state index is 11.4. The number of amides is 1. The van der Waals surface area contributed by atoms with Crippen LogP contribution in [0.2, 0.25) is 0 Å². The third-order valence-corrected chi connectivity index (χ3v) is 2.46. The summed E-state index contributed by atoms with van der Waals surface area (Å²) in [6.07, 6.45) is -0.547. The average molecular weight is 306 g/mol. The first kappa shape index (κ1) is 17.2. The molecule has 1 rings (SSSR count). The predicted octanol–water partition coefficient (Wildman–Crippen LogP) is 2.40. The number of nitro benzene ring substituents is 1. The molecule has 0 aliphatic carbocycles. The van der Waals surface area contributed by atoms with E-state index in [1.165, 1.54) is 12.1 Å². The number of carbonyl (C=O) groups is 1. The fourth-order valence-electron chi connectivity index (χ4n) is 1.63. The first-order valence-electron chi connectivity index (χ1n) is 6.63. The van der Waals surface area contributed by atoms with Gasteiger partial charge in [-0.25, -0.2) is 4.79 Å². The Morgan fingerprint density at radius 3 is 2.64 bits per heavy atom. The molecule has 0 saturated heterocycles. The molecule has 0 heterocycles. The van der Waals surface area contributed by atoms with E-state index < -0.39 is 16.6 Å². The summed E-state index contributed by atoms with van der Waals surface area (Å²) in [5, 5.41) is 25.3. The maximum absolute atomic E-state index is 11.4. The van der Waals surface area contributed by atoms with Crippen molar-refractivity contribution in [1.29, 1.82) is 5.26 Å². The van der Waals surface area contributed by atoms with Crippen LogP contribution in [-0.4, -0.2) is 29.7 Å². The number of anilines is 1. The number of nitro groups is 1. The van der Waals surface area contributed by atoms with Gasteiger partial charge in [-0.1, -0.05) is 6.07 Å². The Labute approximate surface area is 128 Å². The fourth-order valence-corrected chi connectivity index (χ4v) is 1.63. The van der Waals surface area contributed by atoms with E-state index in [0.29, 0.717) is 12.2 Å². The molecule has 8 nitrogen and oxygen atoms in total. The Balaban J connectivity index is 2.56. The van der Waals surface area contributed by atoms with E-state index in [2.05, 4.69) is 10.6 Å². The highest BCUT2D eigenvalue weighted by molar-refractivity contribution is 5.68. The molecule has 1 amide bonds. The van der Waals surface area contributed by atoms with Gasteiger partial charge in [0.2, 0.25) is 0 Å². The van der Waals surface area contributed by atoms with Crippen LogP contribution in [0.3, 0.4) is 0 Å². The van der Waals surface area contributed by atoms with Crippen LogP contribution in [0.5, 0.6) is 0 Å². The van der Waals surface area contributed by atoms with Crippen molar-refractivity contribution in [1.82, 2.24) is 5.32 Å². The van der Waals surface area contributed by atoms with Gasteiger partial charge in [-0.15, -0.1) is 0 Å². The molecule has 8 heteroatoms. The van der Waals surface area contributed by atoms with Crippen molar-refractivity contribution < 1.29 is 14.5 Å². The van der Waals surface area contributed by atoms with Crippen molar-refractivity contribution in [2.24, 2.45) is 0 Å². The van der Waals surface area contributed by atoms with Gasteiger partial charge in [0.15, 0.2) is 5.56 Å². The van der Waals surface area contributed by atoms with Gasteiger partial charge in [-0.3, -0.25) is 10.1 Å². The third kappa shape index (κ3) is 5.28. The number of ether oxygens (including phenoxy) is 1. The SMILES string of the molecule is CC(C)(C)OC(=O)NCCNc1cccc([N+](=O)[O-])c1C#N. The number of benzene rings is 1. The number of nitriles is 1. The molecule has 2 N–H and O–H groups in total. The summed E-state index contributed by atoms with van der Waals surface area (Å²) < 4.78 is 5.07. The average Bonchev–Trinajstić information content (AvgIpc) is 2.41. The number of carbonyl (C=O) groups excluding carboxylic acids is 1. The molecular formula is C14H18N4O4. The quantitative estimate of drug-likeness (QED) is 0.490. The molecule has 0 bridgehead atoms. The topological polar surface area (TPSA) is 117 Å². The molecule has 1 aromatic carbocycles. The summed E-state index contributed by atoms with van der Waals surface area (Å²) in [5.74, 6) is 0. The van der Waals surface area contributed by atoms with Crippen LogP contribution < -0.4 is 10.6 Å². The molecular weight excluding hydrogens is 288 g/mol. The van der Waals surface area contributed by atoms with Gasteiger partial charge in [0.05, 0.1) is 10.6 Å². The predicted molar refractivity (Wildman–Crippen MR) is 80.5 cm³/mol. The molecule has 0 saturated carbocycles. The molecule has 0 atom stereocenters. The largest absolute Gasteiger partial charge is 0.444 e. The minimum Gasteiger partial charge on any atom is -0.444 e. The van der Waals surface area contributed by atoms with Crippen molar-refractivity contribution in [3.63, 3.8) is 0 Å².